The van der Waals surface area contributed by atoms with Gasteiger partial charge in [0, 0.05) is 19.6 Å². The predicted molar refractivity (Wildman–Crippen MR) is 117 cm³/mol. The number of hydrogen-bond acceptors (Lipinski definition) is 5. The van der Waals surface area contributed by atoms with E-state index >= 15 is 0 Å². The van der Waals surface area contributed by atoms with E-state index in [1.54, 1.807) is 22.5 Å². The highest BCUT2D eigenvalue weighted by molar-refractivity contribution is 7.89. The van der Waals surface area contributed by atoms with Crippen molar-refractivity contribution in [2.75, 3.05) is 26.2 Å². The molecule has 158 valence electrons. The van der Waals surface area contributed by atoms with Gasteiger partial charge in [-0.05, 0) is 50.6 Å². The summed E-state index contributed by atoms with van der Waals surface area (Å²) in [5, 5.41) is 0.588. The van der Waals surface area contributed by atoms with E-state index in [0.29, 0.717) is 42.3 Å². The first-order chi connectivity index (χ1) is 14.3. The average molecular weight is 427 g/mol. The molecule has 1 fully saturated rings. The van der Waals surface area contributed by atoms with Crippen LogP contribution in [0.2, 0.25) is 0 Å². The van der Waals surface area contributed by atoms with Gasteiger partial charge in [-0.25, -0.2) is 13.4 Å². The number of aromatic nitrogens is 2. The van der Waals surface area contributed by atoms with E-state index in [2.05, 4.69) is 14.9 Å². The fraction of sp³-hybridized carbons (Fsp3) is 0.364. The van der Waals surface area contributed by atoms with E-state index in [-0.39, 0.29) is 5.56 Å². The minimum Gasteiger partial charge on any atom is -0.309 e. The normalized spacial score (nSPS) is 16.6. The first kappa shape index (κ1) is 20.7. The van der Waals surface area contributed by atoms with Gasteiger partial charge < -0.3 is 4.98 Å². The third kappa shape index (κ3) is 4.16. The molecule has 8 heteroatoms. The van der Waals surface area contributed by atoms with Crippen molar-refractivity contribution in [2.24, 2.45) is 0 Å². The largest absolute Gasteiger partial charge is 0.309 e. The van der Waals surface area contributed by atoms with Gasteiger partial charge in [-0.15, -0.1) is 0 Å². The summed E-state index contributed by atoms with van der Waals surface area (Å²) in [5.74, 6) is 0.608. The lowest BCUT2D eigenvalue weighted by Crippen LogP contribution is -2.35. The molecule has 0 atom stereocenters. The summed E-state index contributed by atoms with van der Waals surface area (Å²) in [4.78, 5) is 22.4. The lowest BCUT2D eigenvalue weighted by molar-refractivity contribution is 0.272. The number of fused-ring (bicyclic) bond motifs is 1. The van der Waals surface area contributed by atoms with Crippen LogP contribution in [0, 0.1) is 13.8 Å². The van der Waals surface area contributed by atoms with Crippen molar-refractivity contribution < 1.29 is 8.42 Å². The van der Waals surface area contributed by atoms with Crippen molar-refractivity contribution in [2.45, 2.75) is 31.7 Å². The van der Waals surface area contributed by atoms with E-state index in [4.69, 9.17) is 0 Å². The number of sulfonamides is 1. The van der Waals surface area contributed by atoms with Crippen LogP contribution in [0.1, 0.15) is 23.4 Å². The molecule has 30 heavy (non-hydrogen) atoms. The topological polar surface area (TPSA) is 86.4 Å². The molecule has 7 nitrogen and oxygen atoms in total. The molecule has 0 radical (unpaired) electrons. The van der Waals surface area contributed by atoms with E-state index in [1.165, 1.54) is 0 Å². The van der Waals surface area contributed by atoms with Crippen molar-refractivity contribution >= 4 is 20.9 Å². The van der Waals surface area contributed by atoms with Gasteiger partial charge in [0.25, 0.3) is 5.56 Å². The number of hydrogen-bond donors (Lipinski definition) is 1. The first-order valence-electron chi connectivity index (χ1n) is 10.1. The third-order valence-electron chi connectivity index (χ3n) is 5.57. The Bertz CT molecular complexity index is 1220. The zero-order chi connectivity index (χ0) is 21.3. The number of nitrogens with one attached hydrogen (secondary N) is 1. The fourth-order valence-corrected chi connectivity index (χ4v) is 5.31. The SMILES string of the molecule is Cc1ccc(S(=O)(=O)N2CCCN(Cc3nc4c(C)cccc4c(=O)[nH]3)CC2)cc1. The predicted octanol–water partition coefficient (Wildman–Crippen LogP) is 2.44. The Morgan fingerprint density at radius 3 is 2.53 bits per heavy atom. The summed E-state index contributed by atoms with van der Waals surface area (Å²) in [7, 11) is -3.51. The molecule has 2 heterocycles. The van der Waals surface area contributed by atoms with Crippen molar-refractivity contribution in [3.05, 3.63) is 69.8 Å². The Morgan fingerprint density at radius 2 is 1.77 bits per heavy atom. The first-order valence-corrected chi connectivity index (χ1v) is 11.6. The summed E-state index contributed by atoms with van der Waals surface area (Å²) in [6.07, 6.45) is 0.724. The van der Waals surface area contributed by atoms with Crippen LogP contribution in [-0.4, -0.2) is 53.8 Å². The van der Waals surface area contributed by atoms with Crippen LogP contribution in [-0.2, 0) is 16.6 Å². The highest BCUT2D eigenvalue weighted by Crippen LogP contribution is 2.19. The molecular weight excluding hydrogens is 400 g/mol. The molecule has 0 saturated carbocycles. The molecule has 1 aliphatic rings. The Labute approximate surface area is 176 Å². The Kier molecular flexibility index (Phi) is 5.73. The second-order valence-electron chi connectivity index (χ2n) is 7.83. The Morgan fingerprint density at radius 1 is 1.00 bits per heavy atom. The number of nitrogens with zero attached hydrogens (tertiary/aromatic N) is 3. The van der Waals surface area contributed by atoms with Gasteiger partial charge in [-0.2, -0.15) is 4.31 Å². The van der Waals surface area contributed by atoms with E-state index in [0.717, 1.165) is 29.6 Å². The number of para-hydroxylation sites is 1. The molecule has 0 amide bonds. The highest BCUT2D eigenvalue weighted by Gasteiger charge is 2.27. The smallest absolute Gasteiger partial charge is 0.258 e. The second-order valence-corrected chi connectivity index (χ2v) is 9.77. The van der Waals surface area contributed by atoms with Gasteiger partial charge in [-0.3, -0.25) is 9.69 Å². The quantitative estimate of drug-likeness (QED) is 0.693. The monoisotopic (exact) mass is 426 g/mol. The van der Waals surface area contributed by atoms with Gasteiger partial charge in [0.2, 0.25) is 10.0 Å². The molecule has 0 bridgehead atoms. The number of aromatic amines is 1. The van der Waals surface area contributed by atoms with Crippen LogP contribution in [0.3, 0.4) is 0 Å². The van der Waals surface area contributed by atoms with Crippen molar-refractivity contribution in [1.29, 1.82) is 0 Å². The van der Waals surface area contributed by atoms with Gasteiger partial charge in [0.05, 0.1) is 22.3 Å². The zero-order valence-electron chi connectivity index (χ0n) is 17.3. The van der Waals surface area contributed by atoms with Crippen LogP contribution < -0.4 is 5.56 Å². The summed E-state index contributed by atoms with van der Waals surface area (Å²) in [6.45, 7) is 6.58. The van der Waals surface area contributed by atoms with E-state index in [9.17, 15) is 13.2 Å². The van der Waals surface area contributed by atoms with Gasteiger partial charge >= 0.3 is 0 Å². The van der Waals surface area contributed by atoms with Gasteiger partial charge in [-0.1, -0.05) is 29.8 Å². The van der Waals surface area contributed by atoms with Crippen molar-refractivity contribution in [3.63, 3.8) is 0 Å². The van der Waals surface area contributed by atoms with Crippen molar-refractivity contribution in [3.8, 4) is 0 Å². The van der Waals surface area contributed by atoms with Crippen LogP contribution in [0.4, 0.5) is 0 Å². The van der Waals surface area contributed by atoms with E-state index < -0.39 is 10.0 Å². The molecular formula is C22H26N4O3S. The minimum absolute atomic E-state index is 0.142. The number of H-pyrrole nitrogens is 1. The zero-order valence-corrected chi connectivity index (χ0v) is 18.1. The Balaban J connectivity index is 1.50. The molecule has 2 aromatic carbocycles. The maximum absolute atomic E-state index is 13.0. The highest BCUT2D eigenvalue weighted by atomic mass is 32.2. The fourth-order valence-electron chi connectivity index (χ4n) is 3.84. The van der Waals surface area contributed by atoms with Crippen LogP contribution in [0.15, 0.2) is 52.2 Å². The van der Waals surface area contributed by atoms with E-state index in [1.807, 2.05) is 38.1 Å². The molecule has 0 aliphatic carbocycles. The summed E-state index contributed by atoms with van der Waals surface area (Å²) >= 11 is 0. The summed E-state index contributed by atoms with van der Waals surface area (Å²) < 4.78 is 27.5. The Hall–Kier alpha value is -2.55. The number of rotatable bonds is 4. The van der Waals surface area contributed by atoms with Crippen molar-refractivity contribution in [1.82, 2.24) is 19.2 Å². The lowest BCUT2D eigenvalue weighted by Gasteiger charge is -2.21. The van der Waals surface area contributed by atoms with Gasteiger partial charge in [0.1, 0.15) is 5.82 Å². The van der Waals surface area contributed by atoms with Crippen LogP contribution in [0.5, 0.6) is 0 Å². The second kappa shape index (κ2) is 8.29. The lowest BCUT2D eigenvalue weighted by atomic mass is 10.1. The standard InChI is InChI=1S/C22H26N4O3S/c1-16-7-9-18(10-8-16)30(28,29)26-12-4-11-25(13-14-26)15-20-23-21-17(2)5-3-6-19(21)22(27)24-20/h3,5-10H,4,11-15H2,1-2H3,(H,23,24,27). The molecule has 1 aliphatic heterocycles. The minimum atomic E-state index is -3.51. The maximum atomic E-state index is 13.0. The molecule has 3 aromatic rings. The third-order valence-corrected chi connectivity index (χ3v) is 7.48. The van der Waals surface area contributed by atoms with Crippen LogP contribution >= 0.6 is 0 Å². The molecule has 1 N–H and O–H groups in total. The molecule has 1 aromatic heterocycles. The average Bonchev–Trinajstić information content (AvgIpc) is 2.95. The number of aryl methyl sites for hydroxylation is 2. The summed E-state index contributed by atoms with van der Waals surface area (Å²) in [5.41, 5.74) is 2.57. The molecule has 4 rings (SSSR count). The summed E-state index contributed by atoms with van der Waals surface area (Å²) in [6, 6.07) is 12.5. The van der Waals surface area contributed by atoms with Gasteiger partial charge in [0.15, 0.2) is 0 Å². The van der Waals surface area contributed by atoms with Crippen LogP contribution in [0.25, 0.3) is 10.9 Å². The number of benzene rings is 2. The maximum Gasteiger partial charge on any atom is 0.258 e. The molecule has 1 saturated heterocycles. The molecule has 0 spiro atoms. The molecule has 0 unspecified atom stereocenters.